The number of ether oxygens (including phenoxy) is 1. The standard InChI is InChI=1S/C16H20N2O2/c1-2-12-5-6-15-14(8-12)16(19)18(11-17-15)9-13-4-3-7-20-10-13/h5-6,8,11,13H,2-4,7,9-10H2,1H3/t13-/m1/s1. The van der Waals surface area contributed by atoms with Crippen molar-refractivity contribution in [1.29, 1.82) is 0 Å². The predicted molar refractivity (Wildman–Crippen MR) is 78.9 cm³/mol. The van der Waals surface area contributed by atoms with E-state index in [0.29, 0.717) is 12.5 Å². The number of hydrogen-bond donors (Lipinski definition) is 0. The molecular weight excluding hydrogens is 252 g/mol. The molecule has 1 aromatic carbocycles. The molecule has 106 valence electrons. The van der Waals surface area contributed by atoms with E-state index in [0.717, 1.165) is 43.4 Å². The first kappa shape index (κ1) is 13.3. The van der Waals surface area contributed by atoms with E-state index < -0.39 is 0 Å². The Bertz CT molecular complexity index is 657. The van der Waals surface area contributed by atoms with Crippen molar-refractivity contribution < 1.29 is 4.74 Å². The van der Waals surface area contributed by atoms with Crippen LogP contribution in [-0.4, -0.2) is 22.8 Å². The van der Waals surface area contributed by atoms with Crippen LogP contribution in [0.2, 0.25) is 0 Å². The van der Waals surface area contributed by atoms with Crippen LogP contribution in [0.3, 0.4) is 0 Å². The van der Waals surface area contributed by atoms with Gasteiger partial charge in [0, 0.05) is 19.1 Å². The Morgan fingerprint density at radius 2 is 2.35 bits per heavy atom. The lowest BCUT2D eigenvalue weighted by molar-refractivity contribution is 0.0479. The lowest BCUT2D eigenvalue weighted by Crippen LogP contribution is -2.28. The van der Waals surface area contributed by atoms with Crippen molar-refractivity contribution in [2.24, 2.45) is 5.92 Å². The fraction of sp³-hybridized carbons (Fsp3) is 0.500. The molecule has 0 radical (unpaired) electrons. The van der Waals surface area contributed by atoms with Crippen LogP contribution in [0.25, 0.3) is 10.9 Å². The van der Waals surface area contributed by atoms with Crippen LogP contribution in [-0.2, 0) is 17.7 Å². The van der Waals surface area contributed by atoms with E-state index in [2.05, 4.69) is 11.9 Å². The van der Waals surface area contributed by atoms with Gasteiger partial charge in [-0.05, 0) is 37.0 Å². The molecule has 20 heavy (non-hydrogen) atoms. The van der Waals surface area contributed by atoms with Crippen molar-refractivity contribution in [3.8, 4) is 0 Å². The fourth-order valence-corrected chi connectivity index (χ4v) is 2.79. The molecule has 0 saturated carbocycles. The minimum absolute atomic E-state index is 0.0656. The van der Waals surface area contributed by atoms with Crippen LogP contribution < -0.4 is 5.56 Å². The van der Waals surface area contributed by atoms with Crippen LogP contribution in [0.5, 0.6) is 0 Å². The third-order valence-corrected chi connectivity index (χ3v) is 4.01. The highest BCUT2D eigenvalue weighted by Crippen LogP contribution is 2.16. The van der Waals surface area contributed by atoms with Gasteiger partial charge in [-0.2, -0.15) is 0 Å². The van der Waals surface area contributed by atoms with E-state index in [1.807, 2.05) is 18.2 Å². The Morgan fingerprint density at radius 3 is 3.10 bits per heavy atom. The first-order valence-corrected chi connectivity index (χ1v) is 7.33. The highest BCUT2D eigenvalue weighted by molar-refractivity contribution is 5.78. The van der Waals surface area contributed by atoms with Gasteiger partial charge in [0.15, 0.2) is 0 Å². The van der Waals surface area contributed by atoms with Gasteiger partial charge in [0.2, 0.25) is 0 Å². The molecule has 1 aliphatic heterocycles. The zero-order valence-electron chi connectivity index (χ0n) is 11.8. The SMILES string of the molecule is CCc1ccc2ncn(C[C@H]3CCCOC3)c(=O)c2c1. The molecule has 2 heterocycles. The van der Waals surface area contributed by atoms with Gasteiger partial charge in [-0.15, -0.1) is 0 Å². The molecule has 0 N–H and O–H groups in total. The average Bonchev–Trinajstić information content (AvgIpc) is 2.51. The van der Waals surface area contributed by atoms with Gasteiger partial charge >= 0.3 is 0 Å². The minimum atomic E-state index is 0.0656. The highest BCUT2D eigenvalue weighted by Gasteiger charge is 2.15. The summed E-state index contributed by atoms with van der Waals surface area (Å²) < 4.78 is 7.22. The van der Waals surface area contributed by atoms with E-state index in [-0.39, 0.29) is 5.56 Å². The summed E-state index contributed by atoms with van der Waals surface area (Å²) in [7, 11) is 0. The van der Waals surface area contributed by atoms with E-state index >= 15 is 0 Å². The van der Waals surface area contributed by atoms with Crippen molar-refractivity contribution in [3.63, 3.8) is 0 Å². The number of aryl methyl sites for hydroxylation is 1. The lowest BCUT2D eigenvalue weighted by Gasteiger charge is -2.22. The second kappa shape index (κ2) is 5.75. The molecule has 0 bridgehead atoms. The Balaban J connectivity index is 1.95. The Labute approximate surface area is 118 Å². The summed E-state index contributed by atoms with van der Waals surface area (Å²) >= 11 is 0. The lowest BCUT2D eigenvalue weighted by atomic mass is 10.0. The van der Waals surface area contributed by atoms with Crippen molar-refractivity contribution in [2.75, 3.05) is 13.2 Å². The number of nitrogens with zero attached hydrogens (tertiary/aromatic N) is 2. The Kier molecular flexibility index (Phi) is 3.83. The summed E-state index contributed by atoms with van der Waals surface area (Å²) in [5, 5.41) is 0.726. The van der Waals surface area contributed by atoms with Crippen LogP contribution in [0.4, 0.5) is 0 Å². The first-order chi connectivity index (χ1) is 9.78. The quantitative estimate of drug-likeness (QED) is 0.861. The van der Waals surface area contributed by atoms with Crippen LogP contribution in [0.15, 0.2) is 29.3 Å². The smallest absolute Gasteiger partial charge is 0.261 e. The van der Waals surface area contributed by atoms with Crippen LogP contribution >= 0.6 is 0 Å². The van der Waals surface area contributed by atoms with Gasteiger partial charge in [-0.1, -0.05) is 13.0 Å². The number of benzene rings is 1. The molecule has 1 aliphatic rings. The molecule has 0 unspecified atom stereocenters. The van der Waals surface area contributed by atoms with Gasteiger partial charge in [-0.3, -0.25) is 9.36 Å². The number of aromatic nitrogens is 2. The third kappa shape index (κ3) is 2.61. The molecule has 1 aromatic heterocycles. The molecule has 1 atom stereocenters. The van der Waals surface area contributed by atoms with E-state index in [4.69, 9.17) is 4.74 Å². The molecule has 2 aromatic rings. The van der Waals surface area contributed by atoms with Crippen molar-refractivity contribution in [1.82, 2.24) is 9.55 Å². The van der Waals surface area contributed by atoms with E-state index in [1.54, 1.807) is 10.9 Å². The first-order valence-electron chi connectivity index (χ1n) is 7.33. The van der Waals surface area contributed by atoms with Gasteiger partial charge in [-0.25, -0.2) is 4.98 Å². The van der Waals surface area contributed by atoms with Crippen molar-refractivity contribution >= 4 is 10.9 Å². The van der Waals surface area contributed by atoms with Crippen LogP contribution in [0.1, 0.15) is 25.3 Å². The second-order valence-electron chi connectivity index (χ2n) is 5.49. The largest absolute Gasteiger partial charge is 0.381 e. The Hall–Kier alpha value is -1.68. The summed E-state index contributed by atoms with van der Waals surface area (Å²) in [6, 6.07) is 5.94. The summed E-state index contributed by atoms with van der Waals surface area (Å²) in [4.78, 5) is 17.0. The summed E-state index contributed by atoms with van der Waals surface area (Å²) in [5.74, 6) is 0.426. The summed E-state index contributed by atoms with van der Waals surface area (Å²) in [6.45, 7) is 4.40. The molecule has 4 heteroatoms. The zero-order valence-corrected chi connectivity index (χ0v) is 11.8. The molecule has 3 rings (SSSR count). The number of hydrogen-bond acceptors (Lipinski definition) is 3. The fourth-order valence-electron chi connectivity index (χ4n) is 2.79. The summed E-state index contributed by atoms with van der Waals surface area (Å²) in [5.41, 5.74) is 2.02. The maximum Gasteiger partial charge on any atom is 0.261 e. The van der Waals surface area contributed by atoms with Crippen molar-refractivity contribution in [3.05, 3.63) is 40.4 Å². The molecule has 1 saturated heterocycles. The normalized spacial score (nSPS) is 19.4. The summed E-state index contributed by atoms with van der Waals surface area (Å²) in [6.07, 6.45) is 4.81. The average molecular weight is 272 g/mol. The number of rotatable bonds is 3. The molecule has 4 nitrogen and oxygen atoms in total. The zero-order chi connectivity index (χ0) is 13.9. The monoisotopic (exact) mass is 272 g/mol. The molecular formula is C16H20N2O2. The third-order valence-electron chi connectivity index (χ3n) is 4.01. The van der Waals surface area contributed by atoms with E-state index in [1.165, 1.54) is 5.56 Å². The van der Waals surface area contributed by atoms with E-state index in [9.17, 15) is 4.79 Å². The van der Waals surface area contributed by atoms with Crippen molar-refractivity contribution in [2.45, 2.75) is 32.7 Å². The van der Waals surface area contributed by atoms with Crippen LogP contribution in [0, 0.1) is 5.92 Å². The predicted octanol–water partition coefficient (Wildman–Crippen LogP) is 2.39. The highest BCUT2D eigenvalue weighted by atomic mass is 16.5. The maximum atomic E-state index is 12.6. The minimum Gasteiger partial charge on any atom is -0.381 e. The topological polar surface area (TPSA) is 44.1 Å². The molecule has 0 aliphatic carbocycles. The van der Waals surface area contributed by atoms with Gasteiger partial charge in [0.1, 0.15) is 0 Å². The molecule has 0 amide bonds. The van der Waals surface area contributed by atoms with Gasteiger partial charge in [0.05, 0.1) is 23.8 Å². The maximum absolute atomic E-state index is 12.6. The Morgan fingerprint density at radius 1 is 1.45 bits per heavy atom. The second-order valence-corrected chi connectivity index (χ2v) is 5.49. The molecule has 0 spiro atoms. The van der Waals surface area contributed by atoms with Gasteiger partial charge < -0.3 is 4.74 Å². The number of fused-ring (bicyclic) bond motifs is 1. The van der Waals surface area contributed by atoms with Gasteiger partial charge in [0.25, 0.3) is 5.56 Å². The molecule has 1 fully saturated rings.